The zero-order chi connectivity index (χ0) is 22.6. The third-order valence-electron chi connectivity index (χ3n) is 6.28. The highest BCUT2D eigenvalue weighted by Crippen LogP contribution is 2.36. The molecule has 1 N–H and O–H groups in total. The van der Waals surface area contributed by atoms with Gasteiger partial charge in [-0.2, -0.15) is 10.1 Å². The summed E-state index contributed by atoms with van der Waals surface area (Å²) in [7, 11) is 0. The zero-order valence-corrected chi connectivity index (χ0v) is 18.7. The van der Waals surface area contributed by atoms with Crippen LogP contribution in [0.4, 0.5) is 5.95 Å². The lowest BCUT2D eigenvalue weighted by atomic mass is 9.95. The van der Waals surface area contributed by atoms with Crippen molar-refractivity contribution < 1.29 is 14.3 Å². The van der Waals surface area contributed by atoms with E-state index in [2.05, 4.69) is 15.4 Å². The molecule has 1 atom stereocenters. The molecule has 7 nitrogen and oxygen atoms in total. The first-order valence-electron chi connectivity index (χ1n) is 11.5. The van der Waals surface area contributed by atoms with Gasteiger partial charge in [-0.1, -0.05) is 48.9 Å². The van der Waals surface area contributed by atoms with Gasteiger partial charge in [-0.05, 0) is 55.9 Å². The Labute approximate surface area is 193 Å². The van der Waals surface area contributed by atoms with Gasteiger partial charge in [0.15, 0.2) is 0 Å². The highest BCUT2D eigenvalue weighted by atomic mass is 16.5. The van der Waals surface area contributed by atoms with E-state index in [0.29, 0.717) is 18.1 Å². The Morgan fingerprint density at radius 1 is 1.06 bits per heavy atom. The number of carbonyl (C=O) groups excluding carboxylic acids is 1. The lowest BCUT2D eigenvalue weighted by Gasteiger charge is -2.30. The minimum Gasteiger partial charge on any atom is -0.489 e. The molecule has 0 amide bonds. The summed E-state index contributed by atoms with van der Waals surface area (Å²) in [6.45, 7) is 2.39. The molecule has 1 unspecified atom stereocenters. The number of fused-ring (bicyclic) bond motifs is 1. The minimum atomic E-state index is -0.414. The van der Waals surface area contributed by atoms with Crippen molar-refractivity contribution >= 4 is 11.9 Å². The molecule has 1 fully saturated rings. The number of rotatable bonds is 6. The first kappa shape index (κ1) is 21.2. The third-order valence-corrected chi connectivity index (χ3v) is 6.28. The fourth-order valence-electron chi connectivity index (χ4n) is 4.55. The summed E-state index contributed by atoms with van der Waals surface area (Å²) in [4.78, 5) is 17.6. The molecular formula is C26H28N4O3. The molecule has 7 heteroatoms. The van der Waals surface area contributed by atoms with Crippen molar-refractivity contribution in [3.05, 3.63) is 83.3 Å². The monoisotopic (exact) mass is 444 g/mol. The second kappa shape index (κ2) is 9.48. The highest BCUT2D eigenvalue weighted by molar-refractivity contribution is 5.92. The maximum atomic E-state index is 13.3. The van der Waals surface area contributed by atoms with Crippen LogP contribution in [0.1, 0.15) is 56.2 Å². The largest absolute Gasteiger partial charge is 0.489 e. The Balaban J connectivity index is 1.38. The lowest BCUT2D eigenvalue weighted by molar-refractivity contribution is -0.146. The number of nitrogens with zero attached hydrogens (tertiary/aromatic N) is 3. The van der Waals surface area contributed by atoms with Crippen LogP contribution in [-0.2, 0) is 16.1 Å². The number of ether oxygens (including phenoxy) is 2. The maximum Gasteiger partial charge on any atom is 0.338 e. The van der Waals surface area contributed by atoms with Gasteiger partial charge in [0.1, 0.15) is 30.8 Å². The molecule has 2 aliphatic rings. The molecule has 1 saturated carbocycles. The number of benzene rings is 2. The molecular weight excluding hydrogens is 416 g/mol. The summed E-state index contributed by atoms with van der Waals surface area (Å²) in [6, 6.07) is 17.4. The van der Waals surface area contributed by atoms with Crippen LogP contribution in [0.2, 0.25) is 0 Å². The van der Waals surface area contributed by atoms with Crippen molar-refractivity contribution in [2.24, 2.45) is 0 Å². The molecule has 2 aromatic carbocycles. The standard InChI is InChI=1S/C26H28N4O3/c1-18-23(25(31)33-22-10-6-3-7-11-22)24(30-26(29-18)27-17-28-30)20-12-14-21(15-13-20)32-16-19-8-4-2-5-9-19/h2,4-5,8-9,12-15,17,22,24H,3,6-7,10-11,16H2,1H3,(H,27,28,29). The van der Waals surface area contributed by atoms with E-state index in [1.807, 2.05) is 61.5 Å². The van der Waals surface area contributed by atoms with Gasteiger partial charge in [-0.25, -0.2) is 9.48 Å². The molecule has 0 bridgehead atoms. The molecule has 33 heavy (non-hydrogen) atoms. The van der Waals surface area contributed by atoms with Gasteiger partial charge >= 0.3 is 5.97 Å². The number of anilines is 1. The van der Waals surface area contributed by atoms with E-state index in [9.17, 15) is 4.79 Å². The number of nitrogens with one attached hydrogen (secondary N) is 1. The third kappa shape index (κ3) is 4.62. The lowest BCUT2D eigenvalue weighted by Crippen LogP contribution is -2.32. The van der Waals surface area contributed by atoms with E-state index < -0.39 is 6.04 Å². The van der Waals surface area contributed by atoms with Crippen molar-refractivity contribution in [2.75, 3.05) is 5.32 Å². The number of hydrogen-bond donors (Lipinski definition) is 1. The molecule has 1 aliphatic carbocycles. The highest BCUT2D eigenvalue weighted by Gasteiger charge is 2.35. The predicted molar refractivity (Wildman–Crippen MR) is 125 cm³/mol. The van der Waals surface area contributed by atoms with E-state index in [-0.39, 0.29) is 12.1 Å². The van der Waals surface area contributed by atoms with Crippen LogP contribution in [0.3, 0.4) is 0 Å². The minimum absolute atomic E-state index is 0.0156. The van der Waals surface area contributed by atoms with Crippen molar-refractivity contribution in [3.63, 3.8) is 0 Å². The molecule has 0 radical (unpaired) electrons. The van der Waals surface area contributed by atoms with Crippen molar-refractivity contribution in [1.82, 2.24) is 14.8 Å². The molecule has 1 aromatic heterocycles. The first-order valence-corrected chi connectivity index (χ1v) is 11.5. The summed E-state index contributed by atoms with van der Waals surface area (Å²) in [5.74, 6) is 1.08. The van der Waals surface area contributed by atoms with E-state index in [4.69, 9.17) is 9.47 Å². The quantitative estimate of drug-likeness (QED) is 0.538. The average Bonchev–Trinajstić information content (AvgIpc) is 3.31. The normalized spacial score (nSPS) is 18.4. The summed E-state index contributed by atoms with van der Waals surface area (Å²) < 4.78 is 13.6. The van der Waals surface area contributed by atoms with Gasteiger partial charge < -0.3 is 14.8 Å². The summed E-state index contributed by atoms with van der Waals surface area (Å²) in [6.07, 6.45) is 6.76. The summed E-state index contributed by atoms with van der Waals surface area (Å²) >= 11 is 0. The van der Waals surface area contributed by atoms with Crippen molar-refractivity contribution in [1.29, 1.82) is 0 Å². The topological polar surface area (TPSA) is 78.3 Å². The Hall–Kier alpha value is -3.61. The molecule has 3 aromatic rings. The van der Waals surface area contributed by atoms with Crippen LogP contribution in [0.5, 0.6) is 5.75 Å². The van der Waals surface area contributed by atoms with Crippen LogP contribution in [0.15, 0.2) is 72.2 Å². The van der Waals surface area contributed by atoms with Crippen LogP contribution in [0.25, 0.3) is 0 Å². The van der Waals surface area contributed by atoms with Crippen LogP contribution in [0, 0.1) is 0 Å². The zero-order valence-electron chi connectivity index (χ0n) is 18.7. The number of aromatic nitrogens is 3. The maximum absolute atomic E-state index is 13.3. The summed E-state index contributed by atoms with van der Waals surface area (Å²) in [5, 5.41) is 7.60. The van der Waals surface area contributed by atoms with Crippen molar-refractivity contribution in [3.8, 4) is 5.75 Å². The van der Waals surface area contributed by atoms with Gasteiger partial charge in [-0.3, -0.25) is 0 Å². The molecule has 170 valence electrons. The van der Waals surface area contributed by atoms with Gasteiger partial charge in [0.25, 0.3) is 0 Å². The SMILES string of the molecule is CC1=C(C(=O)OC2CCCCC2)C(c2ccc(OCc3ccccc3)cc2)n2ncnc2N1. The average molecular weight is 445 g/mol. The Bertz CT molecular complexity index is 1130. The van der Waals surface area contributed by atoms with Crippen LogP contribution < -0.4 is 10.1 Å². The molecule has 0 spiro atoms. The second-order valence-electron chi connectivity index (χ2n) is 8.60. The summed E-state index contributed by atoms with van der Waals surface area (Å²) in [5.41, 5.74) is 3.34. The molecule has 2 heterocycles. The predicted octanol–water partition coefficient (Wildman–Crippen LogP) is 5.02. The van der Waals surface area contributed by atoms with Gasteiger partial charge in [0.05, 0.1) is 5.57 Å². The number of allylic oxidation sites excluding steroid dienone is 1. The van der Waals surface area contributed by atoms with Crippen LogP contribution in [-0.4, -0.2) is 26.8 Å². The van der Waals surface area contributed by atoms with Gasteiger partial charge in [-0.15, -0.1) is 0 Å². The van der Waals surface area contributed by atoms with E-state index in [0.717, 1.165) is 48.3 Å². The van der Waals surface area contributed by atoms with Crippen molar-refractivity contribution in [2.45, 2.75) is 57.8 Å². The van der Waals surface area contributed by atoms with Gasteiger partial charge in [0, 0.05) is 5.70 Å². The smallest absolute Gasteiger partial charge is 0.338 e. The fraction of sp³-hybridized carbons (Fsp3) is 0.346. The number of hydrogen-bond acceptors (Lipinski definition) is 6. The Morgan fingerprint density at radius 2 is 1.82 bits per heavy atom. The number of esters is 1. The number of carbonyl (C=O) groups is 1. The molecule has 5 rings (SSSR count). The van der Waals surface area contributed by atoms with Crippen LogP contribution >= 0.6 is 0 Å². The Morgan fingerprint density at radius 3 is 2.58 bits per heavy atom. The Kier molecular flexibility index (Phi) is 6.11. The fourth-order valence-corrected chi connectivity index (χ4v) is 4.55. The first-order chi connectivity index (χ1) is 16.2. The molecule has 0 saturated heterocycles. The second-order valence-corrected chi connectivity index (χ2v) is 8.60. The molecule has 1 aliphatic heterocycles. The van der Waals surface area contributed by atoms with E-state index >= 15 is 0 Å². The van der Waals surface area contributed by atoms with Gasteiger partial charge in [0.2, 0.25) is 5.95 Å². The van der Waals surface area contributed by atoms with E-state index in [1.54, 1.807) is 4.68 Å². The van der Waals surface area contributed by atoms with E-state index in [1.165, 1.54) is 12.7 Å².